The van der Waals surface area contributed by atoms with E-state index in [1.165, 1.54) is 16.4 Å². The van der Waals surface area contributed by atoms with E-state index < -0.39 is 70.0 Å². The van der Waals surface area contributed by atoms with Gasteiger partial charge in [-0.05, 0) is 46.1 Å². The van der Waals surface area contributed by atoms with Crippen molar-refractivity contribution in [2.75, 3.05) is 23.7 Å². The Morgan fingerprint density at radius 3 is 2.37 bits per heavy atom. The third-order valence-corrected chi connectivity index (χ3v) is 7.74. The van der Waals surface area contributed by atoms with Crippen LogP contribution in [-0.4, -0.2) is 58.3 Å². The van der Waals surface area contributed by atoms with Gasteiger partial charge in [-0.1, -0.05) is 0 Å². The summed E-state index contributed by atoms with van der Waals surface area (Å²) in [5.41, 5.74) is 2.70. The molecule has 1 aliphatic heterocycles. The van der Waals surface area contributed by atoms with Gasteiger partial charge in [-0.2, -0.15) is 0 Å². The number of carboxylic acid groups (broad SMARTS) is 1. The zero-order valence-corrected chi connectivity index (χ0v) is 21.6. The first kappa shape index (κ1) is 26.2. The van der Waals surface area contributed by atoms with Gasteiger partial charge in [0.2, 0.25) is 5.43 Å². The van der Waals surface area contributed by atoms with Gasteiger partial charge in [0.15, 0.2) is 5.82 Å². The van der Waals surface area contributed by atoms with Crippen LogP contribution in [0.25, 0.3) is 10.9 Å². The third kappa shape index (κ3) is 4.23. The Kier molecular flexibility index (Phi) is 5.88. The number of aromatic nitrogens is 1. The highest BCUT2D eigenvalue weighted by atomic mass is 19.1. The number of halogens is 3. The number of aryl methyl sites for hydroxylation is 1. The van der Waals surface area contributed by atoms with Crippen LogP contribution in [0.4, 0.5) is 29.3 Å². The Morgan fingerprint density at radius 1 is 1.21 bits per heavy atom. The molecular weight excluding hydrogens is 505 g/mol. The number of carbonyl (C=O) groups excluding carboxylic acids is 1. The maximum absolute atomic E-state index is 15.8. The molecule has 2 aliphatic carbocycles. The molecule has 2 aromatic rings. The number of benzene rings is 1. The molecule has 0 bridgehead atoms. The van der Waals surface area contributed by atoms with Crippen molar-refractivity contribution in [3.8, 4) is 0 Å². The van der Waals surface area contributed by atoms with Crippen molar-refractivity contribution >= 4 is 34.3 Å². The largest absolute Gasteiger partial charge is 0.477 e. The molecule has 4 atom stereocenters. The minimum atomic E-state index is -1.53. The monoisotopic (exact) mass is 536 g/mol. The summed E-state index contributed by atoms with van der Waals surface area (Å²) in [6, 6.07) is -0.722. The number of nitrogens with two attached hydrogens (primary N) is 1. The number of hydrogen-bond acceptors (Lipinski definition) is 6. The average Bonchev–Trinajstić information content (AvgIpc) is 3.69. The maximum Gasteiger partial charge on any atom is 0.408 e. The zero-order chi connectivity index (χ0) is 27.9. The molecule has 5 rings (SSSR count). The fourth-order valence-electron chi connectivity index (χ4n) is 5.71. The second-order valence-corrected chi connectivity index (χ2v) is 11.6. The second kappa shape index (κ2) is 8.54. The summed E-state index contributed by atoms with van der Waals surface area (Å²) in [4.78, 5) is 38.6. The molecule has 38 heavy (non-hydrogen) atoms. The number of nitrogens with one attached hydrogen (secondary N) is 1. The number of rotatable bonds is 5. The lowest BCUT2D eigenvalue weighted by Crippen LogP contribution is -2.47. The summed E-state index contributed by atoms with van der Waals surface area (Å²) in [6.45, 7) is 6.58. The number of pyridine rings is 1. The summed E-state index contributed by atoms with van der Waals surface area (Å²) >= 11 is 0. The summed E-state index contributed by atoms with van der Waals surface area (Å²) in [6.07, 6.45) is -1.04. The molecule has 9 nitrogen and oxygen atoms in total. The first-order chi connectivity index (χ1) is 17.6. The van der Waals surface area contributed by atoms with E-state index in [1.54, 1.807) is 20.8 Å². The van der Waals surface area contributed by atoms with Gasteiger partial charge in [0.1, 0.15) is 23.5 Å². The number of alkyl carbamates (subject to hydrolysis) is 1. The quantitative estimate of drug-likeness (QED) is 0.496. The number of aromatic carboxylic acids is 1. The highest BCUT2D eigenvalue weighted by Crippen LogP contribution is 2.50. The molecule has 12 heteroatoms. The van der Waals surface area contributed by atoms with E-state index in [-0.39, 0.29) is 41.7 Å². The van der Waals surface area contributed by atoms with Gasteiger partial charge in [0, 0.05) is 31.6 Å². The first-order valence-corrected chi connectivity index (χ1v) is 12.6. The standard InChI is InChI=1S/C26H31F3N4O5/c1-11-20-17(22(34)12(23(35)36)8-33(20)16-7-14(16)27)19(30)18(29)21(11)32-9-13(15(28)10-32)26(5-6-26)31-24(37)38-25(2,3)4/h8,13-16H,5-7,9-10,30H2,1-4H3,(H,31,37)(H,35,36)/t13-,14-,15+,16+/m0/s1. The molecule has 0 unspecified atom stereocenters. The fraction of sp³-hybridized carbons (Fsp3) is 0.577. The number of nitrogens with zero attached hydrogens (tertiary/aromatic N) is 2. The molecule has 0 spiro atoms. The Morgan fingerprint density at radius 2 is 1.84 bits per heavy atom. The van der Waals surface area contributed by atoms with Crippen LogP contribution < -0.4 is 21.4 Å². The van der Waals surface area contributed by atoms with Gasteiger partial charge >= 0.3 is 12.1 Å². The Hall–Kier alpha value is -3.44. The van der Waals surface area contributed by atoms with E-state index in [0.29, 0.717) is 12.8 Å². The van der Waals surface area contributed by atoms with Crippen LogP contribution in [0.5, 0.6) is 0 Å². The Labute approximate surface area is 216 Å². The highest BCUT2D eigenvalue weighted by Gasteiger charge is 2.57. The maximum atomic E-state index is 15.8. The van der Waals surface area contributed by atoms with E-state index in [4.69, 9.17) is 10.5 Å². The molecule has 3 aliphatic rings. The van der Waals surface area contributed by atoms with Crippen LogP contribution in [-0.2, 0) is 4.74 Å². The molecule has 1 aromatic heterocycles. The number of hydrogen-bond donors (Lipinski definition) is 3. The first-order valence-electron chi connectivity index (χ1n) is 12.6. The number of alkyl halides is 2. The Bertz CT molecular complexity index is 1410. The topological polar surface area (TPSA) is 127 Å². The molecule has 206 valence electrons. The predicted octanol–water partition coefficient (Wildman–Crippen LogP) is 3.84. The van der Waals surface area contributed by atoms with Crippen LogP contribution in [0.2, 0.25) is 0 Å². The molecular formula is C26H31F3N4O5. The smallest absolute Gasteiger partial charge is 0.408 e. The van der Waals surface area contributed by atoms with Crippen molar-refractivity contribution in [1.82, 2.24) is 9.88 Å². The van der Waals surface area contributed by atoms with Crippen LogP contribution >= 0.6 is 0 Å². The van der Waals surface area contributed by atoms with Gasteiger partial charge in [-0.25, -0.2) is 22.8 Å². The lowest BCUT2D eigenvalue weighted by molar-refractivity contribution is 0.0462. The summed E-state index contributed by atoms with van der Waals surface area (Å²) in [5, 5.41) is 12.0. The molecule has 3 fully saturated rings. The van der Waals surface area contributed by atoms with Crippen molar-refractivity contribution in [2.45, 2.75) is 76.5 Å². The van der Waals surface area contributed by atoms with Gasteiger partial charge in [-0.3, -0.25) is 4.79 Å². The SMILES string of the molecule is Cc1c(N2C[C@@H](F)[C@@H](C3(NC(=O)OC(C)(C)C)CC3)C2)c(F)c(N)c2c(=O)c(C(=O)O)cn([C@@H]3C[C@@H]3F)c12. The Balaban J connectivity index is 1.55. The molecule has 2 saturated carbocycles. The third-order valence-electron chi connectivity index (χ3n) is 7.74. The lowest BCUT2D eigenvalue weighted by atomic mass is 9.95. The van der Waals surface area contributed by atoms with Gasteiger partial charge in [0.25, 0.3) is 0 Å². The lowest BCUT2D eigenvalue weighted by Gasteiger charge is -2.29. The molecule has 1 aromatic carbocycles. The molecule has 4 N–H and O–H groups in total. The molecule has 1 amide bonds. The zero-order valence-electron chi connectivity index (χ0n) is 21.6. The number of carboxylic acids is 1. The highest BCUT2D eigenvalue weighted by molar-refractivity contribution is 6.01. The second-order valence-electron chi connectivity index (χ2n) is 11.6. The molecule has 1 saturated heterocycles. The number of fused-ring (bicyclic) bond motifs is 1. The number of amides is 1. The van der Waals surface area contributed by atoms with Crippen LogP contribution in [0.1, 0.15) is 62.0 Å². The number of carbonyl (C=O) groups is 2. The summed E-state index contributed by atoms with van der Waals surface area (Å²) in [5.74, 6) is -3.15. The average molecular weight is 537 g/mol. The van der Waals surface area contributed by atoms with Gasteiger partial charge < -0.3 is 30.4 Å². The normalized spacial score (nSPS) is 25.9. The minimum absolute atomic E-state index is 0.0273. The van der Waals surface area contributed by atoms with Gasteiger partial charge in [0.05, 0.1) is 33.9 Å². The van der Waals surface area contributed by atoms with E-state index in [0.717, 1.165) is 6.20 Å². The van der Waals surface area contributed by atoms with E-state index in [1.807, 2.05) is 0 Å². The number of ether oxygens (including phenoxy) is 1. The van der Waals surface area contributed by atoms with E-state index in [9.17, 15) is 23.9 Å². The van der Waals surface area contributed by atoms with Crippen molar-refractivity contribution in [1.29, 1.82) is 0 Å². The summed E-state index contributed by atoms with van der Waals surface area (Å²) in [7, 11) is 0. The molecule has 0 radical (unpaired) electrons. The van der Waals surface area contributed by atoms with E-state index in [2.05, 4.69) is 5.32 Å². The van der Waals surface area contributed by atoms with Crippen LogP contribution in [0, 0.1) is 18.7 Å². The van der Waals surface area contributed by atoms with E-state index >= 15 is 8.78 Å². The van der Waals surface area contributed by atoms with Crippen molar-refractivity contribution in [2.24, 2.45) is 5.92 Å². The van der Waals surface area contributed by atoms with Crippen LogP contribution in [0.15, 0.2) is 11.0 Å². The van der Waals surface area contributed by atoms with Crippen molar-refractivity contribution in [3.63, 3.8) is 0 Å². The fourth-order valence-corrected chi connectivity index (χ4v) is 5.71. The number of anilines is 2. The van der Waals surface area contributed by atoms with Crippen molar-refractivity contribution < 1.29 is 32.6 Å². The van der Waals surface area contributed by atoms with Gasteiger partial charge in [-0.15, -0.1) is 0 Å². The predicted molar refractivity (Wildman–Crippen MR) is 135 cm³/mol. The summed E-state index contributed by atoms with van der Waals surface area (Å²) < 4.78 is 52.0. The van der Waals surface area contributed by atoms with Crippen molar-refractivity contribution in [3.05, 3.63) is 33.4 Å². The number of nitrogen functional groups attached to an aromatic ring is 1. The molecule has 2 heterocycles. The van der Waals surface area contributed by atoms with Crippen LogP contribution in [0.3, 0.4) is 0 Å². The minimum Gasteiger partial charge on any atom is -0.477 e.